The Kier molecular flexibility index (Phi) is 7.55. The van der Waals surface area contributed by atoms with E-state index in [-0.39, 0.29) is 22.4 Å². The number of benzene rings is 4. The normalized spacial score (nSPS) is 11.0. The molecule has 4 aromatic carbocycles. The third-order valence-corrected chi connectivity index (χ3v) is 5.33. The molecule has 0 heterocycles. The number of anilines is 3. The molecule has 0 radical (unpaired) electrons. The van der Waals surface area contributed by atoms with Crippen LogP contribution in [-0.2, 0) is 4.65 Å². The smallest absolute Gasteiger partial charge is 0.505 e. The first-order chi connectivity index (χ1) is 17.4. The minimum atomic E-state index is -3.14. The van der Waals surface area contributed by atoms with Crippen molar-refractivity contribution in [1.29, 1.82) is 0 Å². The van der Waals surface area contributed by atoms with Crippen LogP contribution in [0.5, 0.6) is 0 Å². The van der Waals surface area contributed by atoms with Crippen LogP contribution in [-0.4, -0.2) is 24.3 Å². The van der Waals surface area contributed by atoms with Crippen LogP contribution in [0.25, 0.3) is 5.76 Å². The monoisotopic (exact) mass is 483 g/mol. The molecule has 0 amide bonds. The molecule has 0 aliphatic rings. The van der Waals surface area contributed by atoms with Crippen molar-refractivity contribution in [2.75, 3.05) is 4.90 Å². The highest BCUT2D eigenvalue weighted by Crippen LogP contribution is 2.34. The number of hydrogen-bond acceptors (Lipinski definition) is 4. The lowest BCUT2D eigenvalue weighted by molar-refractivity contribution is 0.0696. The van der Waals surface area contributed by atoms with Crippen LogP contribution in [0.15, 0.2) is 115 Å². The van der Waals surface area contributed by atoms with E-state index in [1.165, 1.54) is 24.3 Å². The zero-order valence-electron chi connectivity index (χ0n) is 18.9. The maximum absolute atomic E-state index is 13.2. The summed E-state index contributed by atoms with van der Waals surface area (Å²) >= 11 is 0. The summed E-state index contributed by atoms with van der Waals surface area (Å²) in [5, 5.41) is 9.01. The summed E-state index contributed by atoms with van der Waals surface area (Å²) in [6.45, 7) is 0. The van der Waals surface area contributed by atoms with Gasteiger partial charge in [-0.1, -0.05) is 48.5 Å². The van der Waals surface area contributed by atoms with Crippen LogP contribution >= 0.6 is 0 Å². The number of ketones is 1. The van der Waals surface area contributed by atoms with Gasteiger partial charge in [-0.3, -0.25) is 4.79 Å². The maximum atomic E-state index is 13.2. The molecule has 5 nitrogen and oxygen atoms in total. The maximum Gasteiger partial charge on any atom is 0.796 e. The van der Waals surface area contributed by atoms with Gasteiger partial charge in [-0.25, -0.2) is 13.4 Å². The SMILES string of the molecule is O=C(O)c1ccc(C(=O)/C=C(\OB(F)F)c2ccc(N(c3ccccc3)c3ccccc3)cc2)cc1. The third kappa shape index (κ3) is 5.85. The number of hydrogen-bond donors (Lipinski definition) is 1. The number of aromatic carboxylic acids is 1. The fourth-order valence-corrected chi connectivity index (χ4v) is 3.64. The summed E-state index contributed by atoms with van der Waals surface area (Å²) in [5.41, 5.74) is 3.05. The number of nitrogens with zero attached hydrogens (tertiary/aromatic N) is 1. The van der Waals surface area contributed by atoms with Gasteiger partial charge < -0.3 is 14.7 Å². The fraction of sp³-hybridized carbons (Fsp3) is 0. The molecule has 0 aliphatic carbocycles. The van der Waals surface area contributed by atoms with Crippen molar-refractivity contribution >= 4 is 42.0 Å². The highest BCUT2D eigenvalue weighted by Gasteiger charge is 2.22. The predicted octanol–water partition coefficient (Wildman–Crippen LogP) is 7.02. The summed E-state index contributed by atoms with van der Waals surface area (Å²) in [4.78, 5) is 25.7. The topological polar surface area (TPSA) is 66.8 Å². The fourth-order valence-electron chi connectivity index (χ4n) is 3.64. The van der Waals surface area contributed by atoms with E-state index in [9.17, 15) is 18.2 Å². The molecule has 4 aromatic rings. The van der Waals surface area contributed by atoms with Crippen LogP contribution in [0.3, 0.4) is 0 Å². The molecule has 4 rings (SSSR count). The molecular weight excluding hydrogens is 463 g/mol. The number of halogens is 2. The Morgan fingerprint density at radius 3 is 1.58 bits per heavy atom. The quantitative estimate of drug-likeness (QED) is 0.120. The van der Waals surface area contributed by atoms with E-state index in [1.54, 1.807) is 24.3 Å². The van der Waals surface area contributed by atoms with Gasteiger partial charge in [0.1, 0.15) is 5.76 Å². The van der Waals surface area contributed by atoms with Gasteiger partial charge in [0.2, 0.25) is 0 Å². The summed E-state index contributed by atoms with van der Waals surface area (Å²) in [6, 6.07) is 31.3. The van der Waals surface area contributed by atoms with Gasteiger partial charge in [0.15, 0.2) is 5.78 Å². The molecule has 178 valence electrons. The molecule has 36 heavy (non-hydrogen) atoms. The summed E-state index contributed by atoms with van der Waals surface area (Å²) < 4.78 is 31.0. The number of allylic oxidation sites excluding steroid dienone is 1. The molecule has 8 heteroatoms. The van der Waals surface area contributed by atoms with Gasteiger partial charge in [-0.05, 0) is 60.7 Å². The largest absolute Gasteiger partial charge is 0.796 e. The highest BCUT2D eigenvalue weighted by molar-refractivity contribution is 6.36. The lowest BCUT2D eigenvalue weighted by atomic mass is 10.0. The molecule has 0 fully saturated rings. The van der Waals surface area contributed by atoms with Gasteiger partial charge in [-0.15, -0.1) is 0 Å². The Labute approximate surface area is 207 Å². The minimum absolute atomic E-state index is 0.0107. The number of para-hydroxylation sites is 2. The van der Waals surface area contributed by atoms with Crippen molar-refractivity contribution in [2.24, 2.45) is 0 Å². The number of carbonyl (C=O) groups excluding carboxylic acids is 1. The zero-order chi connectivity index (χ0) is 25.5. The Hall–Kier alpha value is -4.72. The lowest BCUT2D eigenvalue weighted by Gasteiger charge is -2.25. The summed E-state index contributed by atoms with van der Waals surface area (Å²) in [5.74, 6) is -2.02. The number of rotatable bonds is 9. The zero-order valence-corrected chi connectivity index (χ0v) is 18.9. The van der Waals surface area contributed by atoms with E-state index in [2.05, 4.69) is 4.65 Å². The molecule has 0 unspecified atom stereocenters. The van der Waals surface area contributed by atoms with Crippen molar-refractivity contribution in [3.8, 4) is 0 Å². The molecule has 0 saturated carbocycles. The Balaban J connectivity index is 1.67. The number of carbonyl (C=O) groups is 2. The van der Waals surface area contributed by atoms with Crippen LogP contribution in [0.1, 0.15) is 26.3 Å². The van der Waals surface area contributed by atoms with Crippen LogP contribution in [0.2, 0.25) is 0 Å². The van der Waals surface area contributed by atoms with Gasteiger partial charge in [-0.2, -0.15) is 0 Å². The van der Waals surface area contributed by atoms with Crippen molar-refractivity contribution in [3.05, 3.63) is 132 Å². The second-order valence-electron chi connectivity index (χ2n) is 7.69. The third-order valence-electron chi connectivity index (χ3n) is 5.33. The summed E-state index contributed by atoms with van der Waals surface area (Å²) in [6.07, 6.45) is 0.975. The van der Waals surface area contributed by atoms with E-state index in [0.717, 1.165) is 23.1 Å². The second kappa shape index (κ2) is 11.1. The number of carboxylic acids is 1. The lowest BCUT2D eigenvalue weighted by Crippen LogP contribution is -2.10. The van der Waals surface area contributed by atoms with Gasteiger partial charge in [0, 0.05) is 34.3 Å². The van der Waals surface area contributed by atoms with E-state index in [1.807, 2.05) is 65.6 Å². The van der Waals surface area contributed by atoms with E-state index >= 15 is 0 Å². The Bertz CT molecular complexity index is 1320. The van der Waals surface area contributed by atoms with Crippen molar-refractivity contribution < 1.29 is 28.0 Å². The van der Waals surface area contributed by atoms with Crippen molar-refractivity contribution in [3.63, 3.8) is 0 Å². The Morgan fingerprint density at radius 1 is 0.667 bits per heavy atom. The first kappa shape index (κ1) is 24.4. The molecule has 1 N–H and O–H groups in total. The van der Waals surface area contributed by atoms with Crippen molar-refractivity contribution in [1.82, 2.24) is 0 Å². The van der Waals surface area contributed by atoms with Crippen LogP contribution in [0.4, 0.5) is 25.7 Å². The minimum Gasteiger partial charge on any atom is -0.505 e. The molecule has 0 aliphatic heterocycles. The molecule has 0 spiro atoms. The molecular formula is C28H20BF2NO4. The first-order valence-electron chi connectivity index (χ1n) is 11.0. The average molecular weight is 483 g/mol. The predicted molar refractivity (Wildman–Crippen MR) is 136 cm³/mol. The molecule has 0 bridgehead atoms. The molecule has 0 atom stereocenters. The highest BCUT2D eigenvalue weighted by atomic mass is 19.2. The van der Waals surface area contributed by atoms with E-state index in [0.29, 0.717) is 0 Å². The summed E-state index contributed by atoms with van der Waals surface area (Å²) in [7, 11) is -3.14. The average Bonchev–Trinajstić information content (AvgIpc) is 2.90. The first-order valence-corrected chi connectivity index (χ1v) is 11.0. The van der Waals surface area contributed by atoms with E-state index < -0.39 is 19.2 Å². The van der Waals surface area contributed by atoms with E-state index in [4.69, 9.17) is 5.11 Å². The van der Waals surface area contributed by atoms with Gasteiger partial charge >= 0.3 is 13.4 Å². The molecule has 0 saturated heterocycles. The second-order valence-corrected chi connectivity index (χ2v) is 7.69. The van der Waals surface area contributed by atoms with Crippen LogP contribution in [0, 0.1) is 0 Å². The van der Waals surface area contributed by atoms with Crippen molar-refractivity contribution in [2.45, 2.75) is 0 Å². The number of carboxylic acid groups (broad SMARTS) is 1. The van der Waals surface area contributed by atoms with Gasteiger partial charge in [0.05, 0.1) is 5.56 Å². The molecule has 0 aromatic heterocycles. The van der Waals surface area contributed by atoms with Gasteiger partial charge in [0.25, 0.3) is 0 Å². The standard InChI is InChI=1S/C28H20BF2NO4/c30-29(31)36-27(19-26(33)20-11-13-22(14-12-20)28(34)35)21-15-17-25(18-16-21)32(23-7-3-1-4-8-23)24-9-5-2-6-10-24/h1-19H,(H,34,35)/b27-19-. The van der Waals surface area contributed by atoms with Crippen LogP contribution < -0.4 is 4.90 Å². The Morgan fingerprint density at radius 2 is 1.11 bits per heavy atom.